The van der Waals surface area contributed by atoms with Gasteiger partial charge in [0.2, 0.25) is 0 Å². The molecule has 8 heteroatoms. The Hall–Kier alpha value is -3.55. The molecule has 3 N–H and O–H groups in total. The molecular formula is C17H16N4O4. The van der Waals surface area contributed by atoms with E-state index in [9.17, 15) is 9.59 Å². The summed E-state index contributed by atoms with van der Waals surface area (Å²) in [5.41, 5.74) is 0.609. The maximum Gasteiger partial charge on any atom is 0.343 e. The number of urea groups is 1. The summed E-state index contributed by atoms with van der Waals surface area (Å²) in [6.45, 7) is -0.187. The quantitative estimate of drug-likeness (QED) is 0.619. The van der Waals surface area contributed by atoms with Crippen molar-refractivity contribution in [2.45, 2.75) is 0 Å². The van der Waals surface area contributed by atoms with E-state index >= 15 is 0 Å². The van der Waals surface area contributed by atoms with Crippen LogP contribution < -0.4 is 15.4 Å². The van der Waals surface area contributed by atoms with Crippen LogP contribution in [0.1, 0.15) is 0 Å². The van der Waals surface area contributed by atoms with Gasteiger partial charge in [-0.15, -0.1) is 0 Å². The number of aromatic amines is 1. The molecule has 1 aromatic heterocycles. The minimum Gasteiger partial charge on any atom is -0.481 e. The van der Waals surface area contributed by atoms with Crippen LogP contribution in [-0.2, 0) is 9.53 Å². The molecular weight excluding hydrogens is 324 g/mol. The van der Waals surface area contributed by atoms with Crippen molar-refractivity contribution in [3.63, 3.8) is 0 Å². The minimum absolute atomic E-state index is 0.187. The van der Waals surface area contributed by atoms with Gasteiger partial charge in [0.25, 0.3) is 0 Å². The summed E-state index contributed by atoms with van der Waals surface area (Å²) in [5, 5.41) is 13.4. The lowest BCUT2D eigenvalue weighted by atomic mass is 10.1. The van der Waals surface area contributed by atoms with Crippen molar-refractivity contribution >= 4 is 34.3 Å². The van der Waals surface area contributed by atoms with Gasteiger partial charge in [-0.2, -0.15) is 5.10 Å². The van der Waals surface area contributed by atoms with Gasteiger partial charge in [-0.05, 0) is 12.1 Å². The van der Waals surface area contributed by atoms with Crippen molar-refractivity contribution in [3.05, 3.63) is 48.7 Å². The fourth-order valence-corrected chi connectivity index (χ4v) is 2.30. The second-order valence-electron chi connectivity index (χ2n) is 5.07. The minimum atomic E-state index is -0.467. The first kappa shape index (κ1) is 16.3. The van der Waals surface area contributed by atoms with Crippen LogP contribution in [0.5, 0.6) is 5.75 Å². The van der Waals surface area contributed by atoms with Crippen LogP contribution in [0.3, 0.4) is 0 Å². The van der Waals surface area contributed by atoms with Gasteiger partial charge in [-0.1, -0.05) is 24.3 Å². The molecule has 2 amide bonds. The Balaban J connectivity index is 1.82. The molecule has 3 aromatic rings. The normalized spacial score (nSPS) is 10.3. The topological polar surface area (TPSA) is 105 Å². The highest BCUT2D eigenvalue weighted by Crippen LogP contribution is 2.31. The average Bonchev–Trinajstić information content (AvgIpc) is 3.13. The first-order chi connectivity index (χ1) is 12.2. The molecule has 0 fully saturated rings. The molecule has 128 valence electrons. The summed E-state index contributed by atoms with van der Waals surface area (Å²) >= 11 is 0. The van der Waals surface area contributed by atoms with E-state index in [4.69, 9.17) is 4.74 Å². The summed E-state index contributed by atoms with van der Waals surface area (Å²) < 4.78 is 10.1. The maximum absolute atomic E-state index is 12.1. The van der Waals surface area contributed by atoms with E-state index in [1.807, 2.05) is 24.3 Å². The van der Waals surface area contributed by atoms with Crippen molar-refractivity contribution in [1.29, 1.82) is 0 Å². The molecule has 0 saturated carbocycles. The fraction of sp³-hybridized carbons (Fsp3) is 0.118. The third kappa shape index (κ3) is 3.86. The SMILES string of the molecule is COC(=O)COc1ccc(NC(=O)Nc2ccn[nH]2)c2ccccc12. The van der Waals surface area contributed by atoms with Gasteiger partial charge < -0.3 is 14.8 Å². The summed E-state index contributed by atoms with van der Waals surface area (Å²) in [4.78, 5) is 23.4. The van der Waals surface area contributed by atoms with Crippen LogP contribution >= 0.6 is 0 Å². The van der Waals surface area contributed by atoms with E-state index < -0.39 is 12.0 Å². The predicted molar refractivity (Wildman–Crippen MR) is 92.7 cm³/mol. The zero-order valence-corrected chi connectivity index (χ0v) is 13.4. The molecule has 0 spiro atoms. The summed E-state index contributed by atoms with van der Waals surface area (Å²) in [6, 6.07) is 12.0. The number of nitrogens with zero attached hydrogens (tertiary/aromatic N) is 1. The van der Waals surface area contributed by atoms with Gasteiger partial charge in [-0.25, -0.2) is 9.59 Å². The van der Waals surface area contributed by atoms with E-state index in [-0.39, 0.29) is 6.61 Å². The van der Waals surface area contributed by atoms with Crippen molar-refractivity contribution in [3.8, 4) is 5.75 Å². The summed E-state index contributed by atoms with van der Waals surface area (Å²) in [7, 11) is 1.30. The molecule has 1 heterocycles. The number of nitrogens with one attached hydrogen (secondary N) is 3. The number of rotatable bonds is 5. The standard InChI is InChI=1S/C17H16N4O4/c1-24-16(22)10-25-14-7-6-13(11-4-2-3-5-12(11)14)19-17(23)20-15-8-9-18-21-15/h2-9H,10H2,1H3,(H3,18,19,20,21,23). The molecule has 0 saturated heterocycles. The highest BCUT2D eigenvalue weighted by atomic mass is 16.6. The van der Waals surface area contributed by atoms with Gasteiger partial charge in [0.1, 0.15) is 11.6 Å². The van der Waals surface area contributed by atoms with E-state index in [2.05, 4.69) is 25.6 Å². The Labute approximate surface area is 143 Å². The van der Waals surface area contributed by atoms with Gasteiger partial charge >= 0.3 is 12.0 Å². The zero-order valence-electron chi connectivity index (χ0n) is 13.4. The molecule has 0 atom stereocenters. The Kier molecular flexibility index (Phi) is 4.79. The number of carbonyl (C=O) groups excluding carboxylic acids is 2. The van der Waals surface area contributed by atoms with Crippen LogP contribution in [-0.4, -0.2) is 35.9 Å². The van der Waals surface area contributed by atoms with Gasteiger partial charge in [-0.3, -0.25) is 10.4 Å². The first-order valence-electron chi connectivity index (χ1n) is 7.46. The lowest BCUT2D eigenvalue weighted by molar-refractivity contribution is -0.142. The Morgan fingerprint density at radius 3 is 2.60 bits per heavy atom. The number of methoxy groups -OCH3 is 1. The molecule has 0 bridgehead atoms. The first-order valence-corrected chi connectivity index (χ1v) is 7.46. The number of carbonyl (C=O) groups is 2. The number of hydrogen-bond donors (Lipinski definition) is 3. The maximum atomic E-state index is 12.1. The van der Waals surface area contributed by atoms with Gasteiger partial charge in [0.15, 0.2) is 6.61 Å². The number of aromatic nitrogens is 2. The monoisotopic (exact) mass is 340 g/mol. The van der Waals surface area contributed by atoms with Crippen molar-refractivity contribution in [1.82, 2.24) is 10.2 Å². The molecule has 0 radical (unpaired) electrons. The van der Waals surface area contributed by atoms with Gasteiger partial charge in [0, 0.05) is 16.8 Å². The fourth-order valence-electron chi connectivity index (χ4n) is 2.30. The average molecular weight is 340 g/mol. The van der Waals surface area contributed by atoms with Crippen LogP contribution in [0.25, 0.3) is 10.8 Å². The number of hydrogen-bond acceptors (Lipinski definition) is 5. The van der Waals surface area contributed by atoms with Crippen molar-refractivity contribution in [2.75, 3.05) is 24.4 Å². The Morgan fingerprint density at radius 2 is 1.88 bits per heavy atom. The van der Waals surface area contributed by atoms with E-state index in [0.29, 0.717) is 17.3 Å². The number of benzene rings is 2. The number of fused-ring (bicyclic) bond motifs is 1. The smallest absolute Gasteiger partial charge is 0.343 e. The molecule has 0 aliphatic rings. The summed E-state index contributed by atoms with van der Waals surface area (Å²) in [5.74, 6) is 0.547. The number of anilines is 2. The van der Waals surface area contributed by atoms with E-state index in [1.54, 1.807) is 24.4 Å². The molecule has 2 aromatic carbocycles. The van der Waals surface area contributed by atoms with E-state index in [1.165, 1.54) is 7.11 Å². The lowest BCUT2D eigenvalue weighted by Crippen LogP contribution is -2.20. The molecule has 0 unspecified atom stereocenters. The highest BCUT2D eigenvalue weighted by Gasteiger charge is 2.11. The Bertz CT molecular complexity index is 893. The number of amides is 2. The van der Waals surface area contributed by atoms with Crippen LogP contribution in [0, 0.1) is 0 Å². The van der Waals surface area contributed by atoms with Crippen LogP contribution in [0.2, 0.25) is 0 Å². The second-order valence-corrected chi connectivity index (χ2v) is 5.07. The van der Waals surface area contributed by atoms with Crippen molar-refractivity contribution < 1.29 is 19.1 Å². The van der Waals surface area contributed by atoms with Crippen LogP contribution in [0.4, 0.5) is 16.3 Å². The molecule has 0 aliphatic carbocycles. The second kappa shape index (κ2) is 7.35. The van der Waals surface area contributed by atoms with Crippen LogP contribution in [0.15, 0.2) is 48.7 Å². The third-order valence-electron chi connectivity index (χ3n) is 3.45. The lowest BCUT2D eigenvalue weighted by Gasteiger charge is -2.13. The summed E-state index contributed by atoms with van der Waals surface area (Å²) in [6.07, 6.45) is 1.54. The zero-order chi connectivity index (χ0) is 17.6. The Morgan fingerprint density at radius 1 is 1.08 bits per heavy atom. The number of ether oxygens (including phenoxy) is 2. The van der Waals surface area contributed by atoms with Crippen molar-refractivity contribution in [2.24, 2.45) is 0 Å². The molecule has 8 nitrogen and oxygen atoms in total. The molecule has 0 aliphatic heterocycles. The highest BCUT2D eigenvalue weighted by molar-refractivity contribution is 6.07. The van der Waals surface area contributed by atoms with Gasteiger partial charge in [0.05, 0.1) is 19.0 Å². The third-order valence-corrected chi connectivity index (χ3v) is 3.45. The molecule has 25 heavy (non-hydrogen) atoms. The largest absolute Gasteiger partial charge is 0.481 e. The number of esters is 1. The van der Waals surface area contributed by atoms with E-state index in [0.717, 1.165) is 10.8 Å². The predicted octanol–water partition coefficient (Wildman–Crippen LogP) is 2.76. The molecule has 3 rings (SSSR count). The number of H-pyrrole nitrogens is 1.